The minimum Gasteiger partial charge on any atom is -0.379 e. The Morgan fingerprint density at radius 1 is 1.03 bits per heavy atom. The minimum absolute atomic E-state index is 0.182. The van der Waals surface area contributed by atoms with E-state index in [0.717, 1.165) is 68.2 Å². The quantitative estimate of drug-likeness (QED) is 0.449. The zero-order valence-electron chi connectivity index (χ0n) is 18.9. The van der Waals surface area contributed by atoms with Gasteiger partial charge >= 0.3 is 0 Å². The standard InChI is InChI=1S/C27H26N4O3/c32-26(28-21-8-4-5-18(15-21)17-31-11-13-33-14-12-31)22-16-23(19-9-10-19)29-27-24(22)25(30-34-27)20-6-2-1-3-7-20/h1-8,15-16,19H,9-14,17H2,(H,28,32). The number of nitrogens with one attached hydrogen (secondary N) is 1. The monoisotopic (exact) mass is 454 g/mol. The zero-order chi connectivity index (χ0) is 22.9. The number of morpholine rings is 1. The number of hydrogen-bond donors (Lipinski definition) is 1. The molecule has 7 nitrogen and oxygen atoms in total. The lowest BCUT2D eigenvalue weighted by Crippen LogP contribution is -2.35. The molecule has 172 valence electrons. The lowest BCUT2D eigenvalue weighted by molar-refractivity contribution is 0.0342. The number of hydrogen-bond acceptors (Lipinski definition) is 6. The number of pyridine rings is 1. The molecule has 0 bridgehead atoms. The molecule has 1 aliphatic heterocycles. The van der Waals surface area contributed by atoms with Gasteiger partial charge in [0, 0.05) is 42.5 Å². The van der Waals surface area contributed by atoms with Gasteiger partial charge in [0.2, 0.25) is 0 Å². The molecule has 3 heterocycles. The van der Waals surface area contributed by atoms with Gasteiger partial charge in [0.1, 0.15) is 5.69 Å². The summed E-state index contributed by atoms with van der Waals surface area (Å²) < 4.78 is 11.1. The summed E-state index contributed by atoms with van der Waals surface area (Å²) in [6.07, 6.45) is 2.17. The number of nitrogens with zero attached hydrogens (tertiary/aromatic N) is 3. The van der Waals surface area contributed by atoms with Gasteiger partial charge in [-0.15, -0.1) is 0 Å². The molecule has 1 amide bonds. The molecule has 6 rings (SSSR count). The summed E-state index contributed by atoms with van der Waals surface area (Å²) in [5.41, 5.74) is 5.31. The first-order chi connectivity index (χ1) is 16.7. The van der Waals surface area contributed by atoms with Crippen molar-refractivity contribution in [3.63, 3.8) is 0 Å². The topological polar surface area (TPSA) is 80.5 Å². The van der Waals surface area contributed by atoms with Crippen LogP contribution in [0.5, 0.6) is 0 Å². The molecule has 7 heteroatoms. The van der Waals surface area contributed by atoms with Crippen molar-refractivity contribution < 1.29 is 14.1 Å². The fraction of sp³-hybridized carbons (Fsp3) is 0.296. The van der Waals surface area contributed by atoms with Gasteiger partial charge in [-0.3, -0.25) is 9.69 Å². The first-order valence-electron chi connectivity index (χ1n) is 11.8. The maximum atomic E-state index is 13.6. The van der Waals surface area contributed by atoms with Crippen molar-refractivity contribution in [1.29, 1.82) is 0 Å². The van der Waals surface area contributed by atoms with E-state index < -0.39 is 0 Å². The molecule has 0 unspecified atom stereocenters. The van der Waals surface area contributed by atoms with Gasteiger partial charge in [0.15, 0.2) is 0 Å². The number of anilines is 1. The second-order valence-corrected chi connectivity index (χ2v) is 8.99. The molecule has 2 aromatic carbocycles. The van der Waals surface area contributed by atoms with Crippen molar-refractivity contribution in [2.24, 2.45) is 0 Å². The summed E-state index contributed by atoms with van der Waals surface area (Å²) in [4.78, 5) is 20.6. The maximum Gasteiger partial charge on any atom is 0.259 e. The van der Waals surface area contributed by atoms with E-state index >= 15 is 0 Å². The molecule has 1 aliphatic carbocycles. The Balaban J connectivity index is 1.33. The van der Waals surface area contributed by atoms with Crippen molar-refractivity contribution in [3.8, 4) is 11.3 Å². The second kappa shape index (κ2) is 9.00. The Bertz CT molecular complexity index is 1320. The van der Waals surface area contributed by atoms with E-state index in [4.69, 9.17) is 9.26 Å². The Morgan fingerprint density at radius 2 is 1.85 bits per heavy atom. The van der Waals surface area contributed by atoms with Crippen LogP contribution in [0, 0.1) is 0 Å². The van der Waals surface area contributed by atoms with Crippen molar-refractivity contribution >= 4 is 22.7 Å². The van der Waals surface area contributed by atoms with Crippen molar-refractivity contribution in [2.45, 2.75) is 25.3 Å². The van der Waals surface area contributed by atoms with Crippen LogP contribution in [-0.2, 0) is 11.3 Å². The van der Waals surface area contributed by atoms with Crippen molar-refractivity contribution in [3.05, 3.63) is 77.5 Å². The normalized spacial score (nSPS) is 16.6. The van der Waals surface area contributed by atoms with Crippen LogP contribution in [0.15, 0.2) is 65.2 Å². The molecular formula is C27H26N4O3. The molecule has 1 saturated heterocycles. The SMILES string of the molecule is O=C(Nc1cccc(CN2CCOCC2)c1)c1cc(C2CC2)nc2onc(-c3ccccc3)c12. The van der Waals surface area contributed by atoms with Gasteiger partial charge in [0.25, 0.3) is 11.6 Å². The van der Waals surface area contributed by atoms with E-state index in [-0.39, 0.29) is 5.91 Å². The highest BCUT2D eigenvalue weighted by atomic mass is 16.5. The van der Waals surface area contributed by atoms with E-state index in [9.17, 15) is 4.79 Å². The number of amides is 1. The van der Waals surface area contributed by atoms with Crippen LogP contribution < -0.4 is 5.32 Å². The molecule has 2 aromatic heterocycles. The largest absolute Gasteiger partial charge is 0.379 e. The average molecular weight is 455 g/mol. The lowest BCUT2D eigenvalue weighted by Gasteiger charge is -2.26. The summed E-state index contributed by atoms with van der Waals surface area (Å²) in [6, 6.07) is 19.7. The highest BCUT2D eigenvalue weighted by Crippen LogP contribution is 2.41. The third kappa shape index (κ3) is 4.32. The average Bonchev–Trinajstić information content (AvgIpc) is 3.64. The van der Waals surface area contributed by atoms with Crippen LogP contribution in [0.25, 0.3) is 22.4 Å². The van der Waals surface area contributed by atoms with Gasteiger partial charge in [0.05, 0.1) is 24.2 Å². The highest BCUT2D eigenvalue weighted by Gasteiger charge is 2.29. The van der Waals surface area contributed by atoms with Crippen LogP contribution >= 0.6 is 0 Å². The number of aromatic nitrogens is 2. The molecule has 2 fully saturated rings. The van der Waals surface area contributed by atoms with Crippen molar-refractivity contribution in [2.75, 3.05) is 31.6 Å². The third-order valence-corrected chi connectivity index (χ3v) is 6.45. The smallest absolute Gasteiger partial charge is 0.259 e. The van der Waals surface area contributed by atoms with Gasteiger partial charge in [-0.25, -0.2) is 4.98 Å². The Labute approximate surface area is 197 Å². The number of fused-ring (bicyclic) bond motifs is 1. The Morgan fingerprint density at radius 3 is 2.65 bits per heavy atom. The molecule has 0 spiro atoms. The zero-order valence-corrected chi connectivity index (χ0v) is 18.9. The number of ether oxygens (including phenoxy) is 1. The van der Waals surface area contributed by atoms with Crippen LogP contribution in [0.4, 0.5) is 5.69 Å². The van der Waals surface area contributed by atoms with Crippen LogP contribution in [-0.4, -0.2) is 47.3 Å². The predicted octanol–water partition coefficient (Wildman–Crippen LogP) is 4.85. The summed E-state index contributed by atoms with van der Waals surface area (Å²) in [5.74, 6) is 0.205. The van der Waals surface area contributed by atoms with Gasteiger partial charge in [-0.05, 0) is 36.6 Å². The first kappa shape index (κ1) is 21.0. The number of benzene rings is 2. The number of carbonyl (C=O) groups is 1. The van der Waals surface area contributed by atoms with Crippen LogP contribution in [0.3, 0.4) is 0 Å². The van der Waals surface area contributed by atoms with E-state index in [2.05, 4.69) is 26.4 Å². The van der Waals surface area contributed by atoms with E-state index in [1.54, 1.807) is 0 Å². The molecule has 0 radical (unpaired) electrons. The summed E-state index contributed by atoms with van der Waals surface area (Å²) in [5, 5.41) is 8.04. The third-order valence-electron chi connectivity index (χ3n) is 6.45. The molecular weight excluding hydrogens is 428 g/mol. The highest BCUT2D eigenvalue weighted by molar-refractivity contribution is 6.14. The minimum atomic E-state index is -0.182. The van der Waals surface area contributed by atoms with Gasteiger partial charge in [-0.1, -0.05) is 47.6 Å². The van der Waals surface area contributed by atoms with Crippen LogP contribution in [0.2, 0.25) is 0 Å². The molecule has 34 heavy (non-hydrogen) atoms. The first-order valence-corrected chi connectivity index (χ1v) is 11.8. The summed E-state index contributed by atoms with van der Waals surface area (Å²) >= 11 is 0. The molecule has 4 aromatic rings. The summed E-state index contributed by atoms with van der Waals surface area (Å²) in [6.45, 7) is 4.21. The second-order valence-electron chi connectivity index (χ2n) is 8.99. The van der Waals surface area contributed by atoms with Gasteiger partial charge < -0.3 is 14.6 Å². The number of rotatable bonds is 6. The van der Waals surface area contributed by atoms with Crippen LogP contribution in [0.1, 0.15) is 40.4 Å². The molecule has 1 saturated carbocycles. The predicted molar refractivity (Wildman–Crippen MR) is 130 cm³/mol. The summed E-state index contributed by atoms with van der Waals surface area (Å²) in [7, 11) is 0. The fourth-order valence-corrected chi connectivity index (χ4v) is 4.49. The molecule has 2 aliphatic rings. The fourth-order valence-electron chi connectivity index (χ4n) is 4.49. The number of carbonyl (C=O) groups excluding carboxylic acids is 1. The van der Waals surface area contributed by atoms with E-state index in [1.807, 2.05) is 54.6 Å². The Kier molecular flexibility index (Phi) is 5.57. The molecule has 1 N–H and O–H groups in total. The maximum absolute atomic E-state index is 13.6. The Hall–Kier alpha value is -3.55. The van der Waals surface area contributed by atoms with Crippen molar-refractivity contribution in [1.82, 2.24) is 15.0 Å². The molecule has 0 atom stereocenters. The van der Waals surface area contributed by atoms with E-state index in [1.165, 1.54) is 0 Å². The lowest BCUT2D eigenvalue weighted by atomic mass is 10.0. The van der Waals surface area contributed by atoms with Gasteiger partial charge in [-0.2, -0.15) is 0 Å². The van der Waals surface area contributed by atoms with E-state index in [0.29, 0.717) is 28.3 Å².